The van der Waals surface area contributed by atoms with Gasteiger partial charge in [-0.3, -0.25) is 0 Å². The third kappa shape index (κ3) is 14.0. The van der Waals surface area contributed by atoms with Gasteiger partial charge in [-0.15, -0.1) is 0 Å². The van der Waals surface area contributed by atoms with Crippen LogP contribution in [0, 0.1) is 0 Å². The van der Waals surface area contributed by atoms with E-state index in [1.165, 1.54) is 76.3 Å². The van der Waals surface area contributed by atoms with Crippen LogP contribution >= 0.6 is 0 Å². The fourth-order valence-electron chi connectivity index (χ4n) is 4.77. The molecule has 42 heavy (non-hydrogen) atoms. The van der Waals surface area contributed by atoms with Crippen LogP contribution < -0.4 is 18.9 Å². The zero-order chi connectivity index (χ0) is 29.7. The molecule has 0 aliphatic rings. The van der Waals surface area contributed by atoms with E-state index in [4.69, 9.17) is 9.47 Å². The summed E-state index contributed by atoms with van der Waals surface area (Å²) in [6.07, 6.45) is 20.7. The maximum atomic E-state index is 5.93. The Balaban J connectivity index is 1.19. The van der Waals surface area contributed by atoms with Crippen molar-refractivity contribution in [3.8, 4) is 11.5 Å². The van der Waals surface area contributed by atoms with Gasteiger partial charge in [-0.1, -0.05) is 64.7 Å². The highest BCUT2D eigenvalue weighted by atomic mass is 16.5. The molecule has 0 saturated heterocycles. The van der Waals surface area contributed by atoms with Crippen molar-refractivity contribution in [1.82, 2.24) is 0 Å². The van der Waals surface area contributed by atoms with Gasteiger partial charge in [-0.05, 0) is 67.8 Å². The lowest BCUT2D eigenvalue weighted by Crippen LogP contribution is -2.32. The largest absolute Gasteiger partial charge is 0.494 e. The summed E-state index contributed by atoms with van der Waals surface area (Å²) in [5, 5.41) is 8.72. The molecule has 1 heterocycles. The zero-order valence-corrected chi connectivity index (χ0v) is 26.3. The van der Waals surface area contributed by atoms with E-state index in [-0.39, 0.29) is 0 Å². The Kier molecular flexibility index (Phi) is 16.1. The fourth-order valence-corrected chi connectivity index (χ4v) is 4.77. The molecule has 0 radical (unpaired) electrons. The summed E-state index contributed by atoms with van der Waals surface area (Å²) in [5.74, 6) is 1.78. The Labute approximate surface area is 254 Å². The predicted molar refractivity (Wildman–Crippen MR) is 175 cm³/mol. The van der Waals surface area contributed by atoms with Crippen molar-refractivity contribution in [2.24, 2.45) is 10.2 Å². The van der Waals surface area contributed by atoms with Crippen molar-refractivity contribution >= 4 is 17.1 Å². The van der Waals surface area contributed by atoms with Crippen LogP contribution in [0.25, 0.3) is 0 Å². The molecule has 6 nitrogen and oxygen atoms in total. The van der Waals surface area contributed by atoms with Crippen molar-refractivity contribution in [2.75, 3.05) is 32.2 Å². The number of aryl methyl sites for hydroxylation is 1. The molecule has 0 fully saturated rings. The van der Waals surface area contributed by atoms with Crippen LogP contribution in [0.3, 0.4) is 0 Å². The first kappa shape index (κ1) is 33.1. The molecule has 3 rings (SSSR count). The Morgan fingerprint density at radius 3 is 1.43 bits per heavy atom. The van der Waals surface area contributed by atoms with Gasteiger partial charge in [-0.25, -0.2) is 4.57 Å². The molecule has 228 valence electrons. The number of ether oxygens (including phenoxy) is 2. The predicted octanol–water partition coefficient (Wildman–Crippen LogP) is 10.0. The highest BCUT2D eigenvalue weighted by Crippen LogP contribution is 2.23. The maximum absolute atomic E-state index is 5.93. The number of unbranched alkanes of at least 4 members (excludes halogenated alkanes) is 11. The lowest BCUT2D eigenvalue weighted by molar-refractivity contribution is -0.697. The summed E-state index contributed by atoms with van der Waals surface area (Å²) in [5.41, 5.74) is 2.88. The van der Waals surface area contributed by atoms with Crippen LogP contribution in [-0.4, -0.2) is 27.3 Å². The van der Waals surface area contributed by atoms with Gasteiger partial charge in [0.2, 0.25) is 0 Å². The molecule has 0 bridgehead atoms. The number of rotatable bonds is 22. The number of anilines is 1. The molecule has 6 heteroatoms. The van der Waals surface area contributed by atoms with E-state index < -0.39 is 0 Å². The van der Waals surface area contributed by atoms with Crippen LogP contribution in [0.1, 0.15) is 90.4 Å². The van der Waals surface area contributed by atoms with Gasteiger partial charge in [0, 0.05) is 38.3 Å². The highest BCUT2D eigenvalue weighted by molar-refractivity contribution is 5.44. The first-order valence-electron chi connectivity index (χ1n) is 16.2. The Morgan fingerprint density at radius 1 is 0.548 bits per heavy atom. The van der Waals surface area contributed by atoms with Gasteiger partial charge in [0.1, 0.15) is 18.0 Å². The number of hydrogen-bond donors (Lipinski definition) is 0. The van der Waals surface area contributed by atoms with Gasteiger partial charge >= 0.3 is 0 Å². The number of nitrogens with zero attached hydrogens (tertiary/aromatic N) is 4. The molecule has 0 aliphatic carbocycles. The first-order valence-corrected chi connectivity index (χ1v) is 16.2. The highest BCUT2D eigenvalue weighted by Gasteiger charge is 2.02. The summed E-state index contributed by atoms with van der Waals surface area (Å²) in [6.45, 7) is 4.88. The minimum Gasteiger partial charge on any atom is -0.494 e. The van der Waals surface area contributed by atoms with Crippen LogP contribution in [0.15, 0.2) is 83.3 Å². The average Bonchev–Trinajstić information content (AvgIpc) is 3.02. The minimum absolute atomic E-state index is 0.758. The topological polar surface area (TPSA) is 50.3 Å². The maximum Gasteiger partial charge on any atom is 0.170 e. The van der Waals surface area contributed by atoms with E-state index in [1.54, 1.807) is 0 Å². The molecule has 0 spiro atoms. The number of benzene rings is 2. The molecule has 0 amide bonds. The first-order chi connectivity index (χ1) is 20.6. The van der Waals surface area contributed by atoms with Crippen molar-refractivity contribution in [1.29, 1.82) is 0 Å². The molecular formula is C36H53N4O2+. The molecule has 0 atom stereocenters. The number of hydrogen-bond acceptors (Lipinski definition) is 5. The molecule has 0 saturated carbocycles. The molecule has 1 aromatic heterocycles. The van der Waals surface area contributed by atoms with Crippen LogP contribution in [0.4, 0.5) is 17.1 Å². The molecule has 0 N–H and O–H groups in total. The van der Waals surface area contributed by atoms with Crippen LogP contribution in [0.5, 0.6) is 11.5 Å². The molecule has 0 aliphatic heterocycles. The van der Waals surface area contributed by atoms with Crippen molar-refractivity contribution in [3.63, 3.8) is 0 Å². The third-order valence-electron chi connectivity index (χ3n) is 7.44. The third-order valence-corrected chi connectivity index (χ3v) is 7.44. The van der Waals surface area contributed by atoms with Gasteiger partial charge in [0.25, 0.3) is 0 Å². The monoisotopic (exact) mass is 573 g/mol. The van der Waals surface area contributed by atoms with Gasteiger partial charge in [-0.2, -0.15) is 10.2 Å². The van der Waals surface area contributed by atoms with Gasteiger partial charge in [0.15, 0.2) is 12.4 Å². The second kappa shape index (κ2) is 20.5. The standard InChI is InChI=1S/C36H53N4O2/c1-4-5-6-7-12-15-30-41-35-21-17-32(18-22-35)37-38-33-19-23-36(24-20-33)42-31-16-13-10-8-9-11-14-27-40-28-25-34(26-29-40)39(2)3/h17-26,28-29H,4-16,27,30-31H2,1-3H3/q+1/b38-37+. The van der Waals surface area contributed by atoms with E-state index in [0.717, 1.165) is 55.5 Å². The molecular weight excluding hydrogens is 520 g/mol. The lowest BCUT2D eigenvalue weighted by atomic mass is 10.1. The molecule has 0 unspecified atom stereocenters. The van der Waals surface area contributed by atoms with Crippen LogP contribution in [0.2, 0.25) is 0 Å². The average molecular weight is 574 g/mol. The quantitative estimate of drug-likeness (QED) is 0.0682. The second-order valence-electron chi connectivity index (χ2n) is 11.3. The second-order valence-corrected chi connectivity index (χ2v) is 11.3. The van der Waals surface area contributed by atoms with E-state index >= 15 is 0 Å². The SMILES string of the molecule is CCCCCCCCOc1ccc(/N=N/c2ccc(OCCCCCCCCC[n+]3ccc(N(C)C)cc3)cc2)cc1. The zero-order valence-electron chi connectivity index (χ0n) is 26.3. The smallest absolute Gasteiger partial charge is 0.170 e. The minimum atomic E-state index is 0.758. The van der Waals surface area contributed by atoms with E-state index in [2.05, 4.69) is 65.2 Å². The van der Waals surface area contributed by atoms with Gasteiger partial charge in [0.05, 0.1) is 24.6 Å². The summed E-state index contributed by atoms with van der Waals surface area (Å²) >= 11 is 0. The van der Waals surface area contributed by atoms with E-state index in [9.17, 15) is 0 Å². The Hall–Kier alpha value is -3.41. The summed E-state index contributed by atoms with van der Waals surface area (Å²) in [6, 6.07) is 20.0. The fraction of sp³-hybridized carbons (Fsp3) is 0.528. The van der Waals surface area contributed by atoms with Crippen molar-refractivity contribution in [3.05, 3.63) is 73.1 Å². The van der Waals surface area contributed by atoms with Gasteiger partial charge < -0.3 is 14.4 Å². The van der Waals surface area contributed by atoms with Crippen LogP contribution in [-0.2, 0) is 6.54 Å². The van der Waals surface area contributed by atoms with Crippen molar-refractivity contribution in [2.45, 2.75) is 96.9 Å². The molecule has 2 aromatic carbocycles. The lowest BCUT2D eigenvalue weighted by Gasteiger charge is -2.10. The Morgan fingerprint density at radius 2 is 0.976 bits per heavy atom. The summed E-state index contributed by atoms with van der Waals surface area (Å²) in [4.78, 5) is 2.13. The number of azo groups is 1. The normalized spacial score (nSPS) is 11.2. The van der Waals surface area contributed by atoms with E-state index in [1.807, 2.05) is 48.5 Å². The van der Waals surface area contributed by atoms with E-state index in [0.29, 0.717) is 0 Å². The summed E-state index contributed by atoms with van der Waals surface area (Å²) < 4.78 is 14.1. The number of pyridine rings is 1. The Bertz CT molecular complexity index is 1110. The van der Waals surface area contributed by atoms with Crippen molar-refractivity contribution < 1.29 is 14.0 Å². The number of aromatic nitrogens is 1. The molecule has 3 aromatic rings. The summed E-state index contributed by atoms with van der Waals surface area (Å²) in [7, 11) is 4.15.